The third-order valence-corrected chi connectivity index (χ3v) is 2.31. The number of thiocarbonyl (C=S) groups is 1. The maximum atomic E-state index is 5.15. The van der Waals surface area contributed by atoms with E-state index in [9.17, 15) is 0 Å². The van der Waals surface area contributed by atoms with E-state index in [-0.39, 0.29) is 0 Å². The van der Waals surface area contributed by atoms with Crippen molar-refractivity contribution in [2.75, 3.05) is 14.1 Å². The molecule has 0 radical (unpaired) electrons. The summed E-state index contributed by atoms with van der Waals surface area (Å²) < 4.78 is 0. The van der Waals surface area contributed by atoms with Crippen molar-refractivity contribution in [1.82, 2.24) is 4.90 Å². The molecule has 0 N–H and O–H groups in total. The first kappa shape index (κ1) is 10.9. The van der Waals surface area contributed by atoms with Crippen LogP contribution in [0.25, 0.3) is 0 Å². The fraction of sp³-hybridized carbons (Fsp3) is 0.889. The predicted molar refractivity (Wildman–Crippen MR) is 55.0 cm³/mol. The van der Waals surface area contributed by atoms with E-state index < -0.39 is 0 Å². The maximum Gasteiger partial charge on any atom is 0.0774 e. The zero-order valence-electron chi connectivity index (χ0n) is 7.89. The number of hydrogen-bond donors (Lipinski definition) is 0. The highest BCUT2D eigenvalue weighted by atomic mass is 32.1. The molecule has 0 bridgehead atoms. The molecule has 0 fully saturated rings. The zero-order chi connectivity index (χ0) is 8.69. The van der Waals surface area contributed by atoms with Crippen molar-refractivity contribution in [2.45, 2.75) is 39.0 Å². The standard InChI is InChI=1S/C9H19NS/c1-4-5-6-7-8-9(11)10(2)3/h4-8H2,1-3H3. The van der Waals surface area contributed by atoms with E-state index in [0.29, 0.717) is 0 Å². The van der Waals surface area contributed by atoms with Crippen LogP contribution in [0.4, 0.5) is 0 Å². The van der Waals surface area contributed by atoms with Gasteiger partial charge in [-0.3, -0.25) is 0 Å². The molecule has 0 aliphatic rings. The van der Waals surface area contributed by atoms with E-state index in [2.05, 4.69) is 6.92 Å². The van der Waals surface area contributed by atoms with Gasteiger partial charge in [-0.15, -0.1) is 0 Å². The van der Waals surface area contributed by atoms with Crippen molar-refractivity contribution in [3.05, 3.63) is 0 Å². The molecule has 0 saturated carbocycles. The lowest BCUT2D eigenvalue weighted by atomic mass is 10.1. The van der Waals surface area contributed by atoms with Gasteiger partial charge in [-0.25, -0.2) is 0 Å². The smallest absolute Gasteiger partial charge is 0.0774 e. The second-order valence-corrected chi connectivity index (χ2v) is 3.57. The lowest BCUT2D eigenvalue weighted by Gasteiger charge is -2.12. The van der Waals surface area contributed by atoms with Crippen molar-refractivity contribution >= 4 is 17.2 Å². The molecule has 0 aliphatic carbocycles. The highest BCUT2D eigenvalue weighted by molar-refractivity contribution is 7.80. The number of unbranched alkanes of at least 4 members (excludes halogenated alkanes) is 3. The maximum absolute atomic E-state index is 5.15. The molecule has 0 aromatic rings. The lowest BCUT2D eigenvalue weighted by molar-refractivity contribution is 0.598. The molecule has 0 aliphatic heterocycles. The van der Waals surface area contributed by atoms with Gasteiger partial charge >= 0.3 is 0 Å². The van der Waals surface area contributed by atoms with Crippen LogP contribution < -0.4 is 0 Å². The van der Waals surface area contributed by atoms with Crippen LogP contribution in [0.2, 0.25) is 0 Å². The zero-order valence-corrected chi connectivity index (χ0v) is 8.71. The molecule has 0 saturated heterocycles. The van der Waals surface area contributed by atoms with Gasteiger partial charge in [0.05, 0.1) is 4.99 Å². The lowest BCUT2D eigenvalue weighted by Crippen LogP contribution is -2.19. The first-order valence-electron chi connectivity index (χ1n) is 4.38. The first-order valence-corrected chi connectivity index (χ1v) is 4.79. The van der Waals surface area contributed by atoms with E-state index in [1.807, 2.05) is 19.0 Å². The average molecular weight is 173 g/mol. The Morgan fingerprint density at radius 3 is 2.27 bits per heavy atom. The van der Waals surface area contributed by atoms with E-state index in [1.165, 1.54) is 25.7 Å². The molecule has 0 spiro atoms. The Morgan fingerprint density at radius 1 is 1.18 bits per heavy atom. The molecule has 0 heterocycles. The molecule has 0 unspecified atom stereocenters. The van der Waals surface area contributed by atoms with Gasteiger partial charge in [0.15, 0.2) is 0 Å². The van der Waals surface area contributed by atoms with Gasteiger partial charge in [-0.05, 0) is 12.8 Å². The first-order chi connectivity index (χ1) is 5.18. The molecule has 0 atom stereocenters. The van der Waals surface area contributed by atoms with Crippen LogP contribution in [-0.2, 0) is 0 Å². The van der Waals surface area contributed by atoms with Gasteiger partial charge < -0.3 is 4.90 Å². The SMILES string of the molecule is CCCCCCC(=S)N(C)C. The van der Waals surface area contributed by atoms with Crippen molar-refractivity contribution in [1.29, 1.82) is 0 Å². The van der Waals surface area contributed by atoms with Crippen LogP contribution in [0.1, 0.15) is 39.0 Å². The quantitative estimate of drug-likeness (QED) is 0.464. The van der Waals surface area contributed by atoms with E-state index in [4.69, 9.17) is 12.2 Å². The van der Waals surface area contributed by atoms with Crippen LogP contribution in [0.5, 0.6) is 0 Å². The van der Waals surface area contributed by atoms with Crippen molar-refractivity contribution in [3.8, 4) is 0 Å². The van der Waals surface area contributed by atoms with Crippen LogP contribution in [0.15, 0.2) is 0 Å². The third kappa shape index (κ3) is 6.29. The van der Waals surface area contributed by atoms with Gasteiger partial charge in [0.25, 0.3) is 0 Å². The van der Waals surface area contributed by atoms with Crippen LogP contribution >= 0.6 is 12.2 Å². The van der Waals surface area contributed by atoms with Gasteiger partial charge in [-0.2, -0.15) is 0 Å². The van der Waals surface area contributed by atoms with Crippen LogP contribution in [-0.4, -0.2) is 24.0 Å². The van der Waals surface area contributed by atoms with Crippen LogP contribution in [0, 0.1) is 0 Å². The topological polar surface area (TPSA) is 3.24 Å². The summed E-state index contributed by atoms with van der Waals surface area (Å²) in [5, 5.41) is 0. The summed E-state index contributed by atoms with van der Waals surface area (Å²) in [5.74, 6) is 0. The number of hydrogen-bond acceptors (Lipinski definition) is 1. The van der Waals surface area contributed by atoms with Gasteiger partial charge in [0.1, 0.15) is 0 Å². The molecule has 1 nitrogen and oxygen atoms in total. The number of rotatable bonds is 5. The molecular weight excluding hydrogens is 154 g/mol. The summed E-state index contributed by atoms with van der Waals surface area (Å²) in [4.78, 5) is 3.11. The Bertz CT molecular complexity index is 110. The minimum Gasteiger partial charge on any atom is -0.372 e. The Morgan fingerprint density at radius 2 is 1.82 bits per heavy atom. The molecule has 0 aromatic heterocycles. The van der Waals surface area contributed by atoms with Gasteiger partial charge in [0.2, 0.25) is 0 Å². The highest BCUT2D eigenvalue weighted by Crippen LogP contribution is 2.04. The fourth-order valence-corrected chi connectivity index (χ4v) is 1.07. The second kappa shape index (κ2) is 6.59. The molecule has 0 amide bonds. The molecule has 66 valence electrons. The molecule has 0 rings (SSSR count). The monoisotopic (exact) mass is 173 g/mol. The summed E-state index contributed by atoms with van der Waals surface area (Å²) in [6.07, 6.45) is 6.31. The molecular formula is C9H19NS. The summed E-state index contributed by atoms with van der Waals surface area (Å²) in [6.45, 7) is 2.23. The summed E-state index contributed by atoms with van der Waals surface area (Å²) in [5.41, 5.74) is 0. The Hall–Kier alpha value is -0.110. The Balaban J connectivity index is 3.18. The Kier molecular flexibility index (Phi) is 6.52. The minimum atomic E-state index is 1.08. The van der Waals surface area contributed by atoms with E-state index in [0.717, 1.165) is 11.4 Å². The normalized spacial score (nSPS) is 9.73. The molecule has 11 heavy (non-hydrogen) atoms. The van der Waals surface area contributed by atoms with Crippen molar-refractivity contribution in [3.63, 3.8) is 0 Å². The van der Waals surface area contributed by atoms with E-state index >= 15 is 0 Å². The summed E-state index contributed by atoms with van der Waals surface area (Å²) in [7, 11) is 4.03. The van der Waals surface area contributed by atoms with Gasteiger partial charge in [0, 0.05) is 14.1 Å². The summed E-state index contributed by atoms with van der Waals surface area (Å²) in [6, 6.07) is 0. The fourth-order valence-electron chi connectivity index (χ4n) is 0.927. The van der Waals surface area contributed by atoms with E-state index in [1.54, 1.807) is 0 Å². The summed E-state index contributed by atoms with van der Waals surface area (Å²) >= 11 is 5.15. The van der Waals surface area contributed by atoms with Gasteiger partial charge in [-0.1, -0.05) is 38.4 Å². The average Bonchev–Trinajstić information content (AvgIpc) is 1.97. The Labute approximate surface area is 75.8 Å². The second-order valence-electron chi connectivity index (χ2n) is 3.10. The van der Waals surface area contributed by atoms with Crippen molar-refractivity contribution in [2.24, 2.45) is 0 Å². The molecule has 2 heteroatoms. The molecule has 0 aromatic carbocycles. The predicted octanol–water partition coefficient (Wildman–Crippen LogP) is 2.85. The number of nitrogens with zero attached hydrogens (tertiary/aromatic N) is 1. The highest BCUT2D eigenvalue weighted by Gasteiger charge is 1.97. The minimum absolute atomic E-state index is 1.08. The van der Waals surface area contributed by atoms with Crippen LogP contribution in [0.3, 0.4) is 0 Å². The van der Waals surface area contributed by atoms with Crippen molar-refractivity contribution < 1.29 is 0 Å². The largest absolute Gasteiger partial charge is 0.372 e. The third-order valence-electron chi connectivity index (χ3n) is 1.74.